The molecule has 1 amide bonds. The Labute approximate surface area is 187 Å². The molecule has 0 spiro atoms. The highest BCUT2D eigenvalue weighted by molar-refractivity contribution is 7.99. The zero-order valence-corrected chi connectivity index (χ0v) is 18.4. The van der Waals surface area contributed by atoms with Gasteiger partial charge in [0.25, 0.3) is 0 Å². The third kappa shape index (κ3) is 3.58. The predicted octanol–water partition coefficient (Wildman–Crippen LogP) is 4.16. The minimum absolute atomic E-state index is 0.190. The normalized spacial score (nSPS) is 23.0. The Morgan fingerprint density at radius 3 is 2.74 bits per heavy atom. The van der Waals surface area contributed by atoms with E-state index in [4.69, 9.17) is 4.98 Å². The number of rotatable bonds is 0. The van der Waals surface area contributed by atoms with Gasteiger partial charge in [0.1, 0.15) is 5.82 Å². The fraction of sp³-hybridized carbons (Fsp3) is 0.360. The largest absolute Gasteiger partial charge is 0.325 e. The van der Waals surface area contributed by atoms with Crippen molar-refractivity contribution in [1.29, 1.82) is 0 Å². The highest BCUT2D eigenvalue weighted by Gasteiger charge is 2.28. The van der Waals surface area contributed by atoms with Crippen LogP contribution < -0.4 is 4.90 Å². The van der Waals surface area contributed by atoms with Crippen LogP contribution in [0.15, 0.2) is 64.5 Å². The number of hydrogen-bond acceptors (Lipinski definition) is 4. The van der Waals surface area contributed by atoms with Crippen LogP contribution in [0.25, 0.3) is 0 Å². The van der Waals surface area contributed by atoms with Gasteiger partial charge < -0.3 is 9.47 Å². The number of hydrogen-bond donors (Lipinski definition) is 0. The van der Waals surface area contributed by atoms with Crippen LogP contribution in [0.3, 0.4) is 0 Å². The van der Waals surface area contributed by atoms with E-state index in [1.54, 1.807) is 11.8 Å². The number of aromatic nitrogens is 2. The molecule has 1 aromatic heterocycles. The van der Waals surface area contributed by atoms with E-state index in [0.29, 0.717) is 12.6 Å². The molecule has 0 N–H and O–H groups in total. The molecule has 1 saturated heterocycles. The molecule has 5 heterocycles. The lowest BCUT2D eigenvalue weighted by Crippen LogP contribution is -2.51. The molecular formula is C25H26N4OS. The molecule has 2 aromatic carbocycles. The Hall–Kier alpha value is -2.57. The van der Waals surface area contributed by atoms with Gasteiger partial charge in [0, 0.05) is 59.8 Å². The highest BCUT2D eigenvalue weighted by atomic mass is 32.2. The van der Waals surface area contributed by atoms with Gasteiger partial charge >= 0.3 is 0 Å². The Balaban J connectivity index is 1.45. The molecule has 0 saturated carbocycles. The molecule has 2 atom stereocenters. The SMILES string of the molecule is O=C1CN2CCc3cnc4n3C(CCC4)c3cccc(c3)Sc3cccc(c3)N1CC2. The second-order valence-corrected chi connectivity index (χ2v) is 9.83. The molecule has 6 heteroatoms. The summed E-state index contributed by atoms with van der Waals surface area (Å²) in [6.45, 7) is 3.04. The first-order valence-corrected chi connectivity index (χ1v) is 12.0. The maximum Gasteiger partial charge on any atom is 0.241 e. The molecule has 2 unspecified atom stereocenters. The van der Waals surface area contributed by atoms with E-state index < -0.39 is 0 Å². The van der Waals surface area contributed by atoms with E-state index in [9.17, 15) is 4.79 Å². The van der Waals surface area contributed by atoms with E-state index in [1.165, 1.54) is 33.3 Å². The number of carbonyl (C=O) groups excluding carboxylic acids is 1. The van der Waals surface area contributed by atoms with Crippen molar-refractivity contribution in [2.45, 2.75) is 41.5 Å². The maximum atomic E-state index is 12.9. The van der Waals surface area contributed by atoms with Crippen LogP contribution in [-0.2, 0) is 17.6 Å². The Bertz CT molecular complexity index is 1140. The van der Waals surface area contributed by atoms with Gasteiger partial charge in [0.2, 0.25) is 5.91 Å². The minimum atomic E-state index is 0.190. The molecule has 4 aliphatic rings. The molecule has 0 radical (unpaired) electrons. The van der Waals surface area contributed by atoms with Crippen molar-refractivity contribution in [2.24, 2.45) is 0 Å². The molecule has 6 bridgehead atoms. The Morgan fingerprint density at radius 2 is 1.84 bits per heavy atom. The average molecular weight is 431 g/mol. The molecule has 7 rings (SSSR count). The summed E-state index contributed by atoms with van der Waals surface area (Å²) >= 11 is 1.77. The highest BCUT2D eigenvalue weighted by Crippen LogP contribution is 2.36. The number of fused-ring (bicyclic) bond motifs is 3. The van der Waals surface area contributed by atoms with E-state index in [2.05, 4.69) is 64.2 Å². The number of anilines is 1. The predicted molar refractivity (Wildman–Crippen MR) is 123 cm³/mol. The molecule has 4 aliphatic heterocycles. The summed E-state index contributed by atoms with van der Waals surface area (Å²) in [6.07, 6.45) is 6.38. The van der Waals surface area contributed by atoms with Gasteiger partial charge in [0.05, 0.1) is 12.6 Å². The first-order chi connectivity index (χ1) is 15.2. The molecular weight excluding hydrogens is 404 g/mol. The van der Waals surface area contributed by atoms with Crippen molar-refractivity contribution in [3.63, 3.8) is 0 Å². The molecule has 31 heavy (non-hydrogen) atoms. The first-order valence-electron chi connectivity index (χ1n) is 11.2. The number of amides is 1. The zero-order chi connectivity index (χ0) is 20.8. The van der Waals surface area contributed by atoms with Crippen molar-refractivity contribution in [1.82, 2.24) is 14.5 Å². The van der Waals surface area contributed by atoms with Crippen LogP contribution in [0.4, 0.5) is 5.69 Å². The standard InChI is InChI=1S/C25H26N4OS/c30-25-17-27-11-10-20-16-26-24-9-3-8-23(29(20)24)18-4-1-6-21(14-18)31-22-7-2-5-19(15-22)28(25)13-12-27/h1-2,4-7,14-16,23H,3,8-13,17H2. The summed E-state index contributed by atoms with van der Waals surface area (Å²) in [6, 6.07) is 17.7. The summed E-state index contributed by atoms with van der Waals surface area (Å²) in [5, 5.41) is 0. The minimum Gasteiger partial charge on any atom is -0.325 e. The number of piperazine rings is 1. The molecule has 1 fully saturated rings. The Kier molecular flexibility index (Phi) is 4.84. The van der Waals surface area contributed by atoms with Crippen molar-refractivity contribution in [3.8, 4) is 0 Å². The van der Waals surface area contributed by atoms with Crippen LogP contribution in [0, 0.1) is 0 Å². The molecule has 3 aromatic rings. The molecule has 158 valence electrons. The fourth-order valence-corrected chi connectivity index (χ4v) is 6.12. The summed E-state index contributed by atoms with van der Waals surface area (Å²) < 4.78 is 2.48. The smallest absolute Gasteiger partial charge is 0.241 e. The van der Waals surface area contributed by atoms with E-state index in [-0.39, 0.29) is 5.91 Å². The summed E-state index contributed by atoms with van der Waals surface area (Å²) in [4.78, 5) is 24.4. The lowest BCUT2D eigenvalue weighted by molar-refractivity contribution is -0.121. The van der Waals surface area contributed by atoms with Gasteiger partial charge in [-0.15, -0.1) is 0 Å². The molecule has 0 aliphatic carbocycles. The number of carbonyl (C=O) groups is 1. The van der Waals surface area contributed by atoms with Gasteiger partial charge in [0.15, 0.2) is 0 Å². The zero-order valence-electron chi connectivity index (χ0n) is 17.5. The van der Waals surface area contributed by atoms with Gasteiger partial charge in [-0.05, 0) is 48.7 Å². The first kappa shape index (κ1) is 19.1. The summed E-state index contributed by atoms with van der Waals surface area (Å²) in [5.41, 5.74) is 3.67. The summed E-state index contributed by atoms with van der Waals surface area (Å²) in [5.74, 6) is 1.40. The van der Waals surface area contributed by atoms with Crippen LogP contribution in [-0.4, -0.2) is 46.5 Å². The molecule has 5 nitrogen and oxygen atoms in total. The van der Waals surface area contributed by atoms with Gasteiger partial charge in [-0.3, -0.25) is 9.69 Å². The topological polar surface area (TPSA) is 41.4 Å². The Morgan fingerprint density at radius 1 is 0.968 bits per heavy atom. The van der Waals surface area contributed by atoms with E-state index in [0.717, 1.165) is 44.6 Å². The van der Waals surface area contributed by atoms with Crippen molar-refractivity contribution in [3.05, 3.63) is 71.8 Å². The second kappa shape index (κ2) is 7.84. The lowest BCUT2D eigenvalue weighted by Gasteiger charge is -2.35. The van der Waals surface area contributed by atoms with E-state index >= 15 is 0 Å². The van der Waals surface area contributed by atoms with Gasteiger partial charge in [-0.1, -0.05) is 30.0 Å². The van der Waals surface area contributed by atoms with E-state index in [1.807, 2.05) is 4.90 Å². The van der Waals surface area contributed by atoms with Crippen LogP contribution >= 0.6 is 11.8 Å². The van der Waals surface area contributed by atoms with Crippen LogP contribution in [0.5, 0.6) is 0 Å². The van der Waals surface area contributed by atoms with Gasteiger partial charge in [-0.2, -0.15) is 0 Å². The third-order valence-corrected chi connectivity index (χ3v) is 7.71. The van der Waals surface area contributed by atoms with Crippen LogP contribution in [0.2, 0.25) is 0 Å². The number of nitrogens with zero attached hydrogens (tertiary/aromatic N) is 4. The lowest BCUT2D eigenvalue weighted by atomic mass is 9.96. The number of benzene rings is 2. The number of imidazole rings is 1. The van der Waals surface area contributed by atoms with Crippen molar-refractivity contribution < 1.29 is 4.79 Å². The number of aryl methyl sites for hydroxylation is 1. The van der Waals surface area contributed by atoms with Crippen molar-refractivity contribution in [2.75, 3.05) is 31.1 Å². The summed E-state index contributed by atoms with van der Waals surface area (Å²) in [7, 11) is 0. The second-order valence-electron chi connectivity index (χ2n) is 8.69. The maximum absolute atomic E-state index is 12.9. The van der Waals surface area contributed by atoms with Crippen molar-refractivity contribution >= 4 is 23.4 Å². The van der Waals surface area contributed by atoms with Gasteiger partial charge in [-0.25, -0.2) is 4.98 Å². The average Bonchev–Trinajstić information content (AvgIpc) is 3.21. The monoisotopic (exact) mass is 430 g/mol. The van der Waals surface area contributed by atoms with Crippen LogP contribution in [0.1, 0.15) is 36.0 Å². The quantitative estimate of drug-likeness (QED) is 0.537. The fourth-order valence-electron chi connectivity index (χ4n) is 5.18. The third-order valence-electron chi connectivity index (χ3n) is 6.73.